The quantitative estimate of drug-likeness (QED) is 0.832. The zero-order valence-electron chi connectivity index (χ0n) is 11.4. The van der Waals surface area contributed by atoms with Gasteiger partial charge in [0.05, 0.1) is 25.0 Å². The maximum Gasteiger partial charge on any atom is 0.283 e. The summed E-state index contributed by atoms with van der Waals surface area (Å²) < 4.78 is 6.90. The molecule has 1 heterocycles. The standard InChI is InChI=1S/C13H20BrN3O2/c1-9(10-3-4-10)7-15-11-8-16-17(5-6-19-2)13(18)12(11)14/h8-10,15H,3-7H2,1-2H3. The summed E-state index contributed by atoms with van der Waals surface area (Å²) in [7, 11) is 1.61. The summed E-state index contributed by atoms with van der Waals surface area (Å²) >= 11 is 3.35. The lowest BCUT2D eigenvalue weighted by Crippen LogP contribution is -2.26. The molecule has 106 valence electrons. The first-order valence-corrected chi connectivity index (χ1v) is 7.41. The number of aromatic nitrogens is 2. The van der Waals surface area contributed by atoms with Crippen molar-refractivity contribution in [3.63, 3.8) is 0 Å². The van der Waals surface area contributed by atoms with Gasteiger partial charge < -0.3 is 10.1 Å². The smallest absolute Gasteiger partial charge is 0.283 e. The van der Waals surface area contributed by atoms with E-state index in [-0.39, 0.29) is 5.56 Å². The van der Waals surface area contributed by atoms with Crippen molar-refractivity contribution in [2.45, 2.75) is 26.3 Å². The van der Waals surface area contributed by atoms with Gasteiger partial charge >= 0.3 is 0 Å². The third-order valence-corrected chi connectivity index (χ3v) is 4.30. The van der Waals surface area contributed by atoms with Gasteiger partial charge in [-0.1, -0.05) is 6.92 Å². The third kappa shape index (κ3) is 3.79. The highest BCUT2D eigenvalue weighted by molar-refractivity contribution is 9.10. The van der Waals surface area contributed by atoms with Crippen LogP contribution in [0.25, 0.3) is 0 Å². The van der Waals surface area contributed by atoms with Gasteiger partial charge in [0.1, 0.15) is 4.47 Å². The van der Waals surface area contributed by atoms with E-state index in [1.54, 1.807) is 13.3 Å². The van der Waals surface area contributed by atoms with Gasteiger partial charge in [-0.15, -0.1) is 0 Å². The molecule has 6 heteroatoms. The maximum absolute atomic E-state index is 12.0. The number of anilines is 1. The second-order valence-corrected chi connectivity index (χ2v) is 5.88. The molecule has 0 saturated heterocycles. The summed E-state index contributed by atoms with van der Waals surface area (Å²) in [6, 6.07) is 0. The maximum atomic E-state index is 12.0. The Kier molecular flexibility index (Phi) is 4.99. The van der Waals surface area contributed by atoms with Crippen molar-refractivity contribution in [2.24, 2.45) is 11.8 Å². The minimum Gasteiger partial charge on any atom is -0.383 e. The molecule has 1 aliphatic rings. The second-order valence-electron chi connectivity index (χ2n) is 5.09. The fraction of sp³-hybridized carbons (Fsp3) is 0.692. The molecule has 1 aromatic rings. The first-order chi connectivity index (χ1) is 9.13. The van der Waals surface area contributed by atoms with E-state index in [1.165, 1.54) is 17.5 Å². The number of rotatable bonds is 7. The first kappa shape index (κ1) is 14.5. The lowest BCUT2D eigenvalue weighted by atomic mass is 10.1. The largest absolute Gasteiger partial charge is 0.383 e. The van der Waals surface area contributed by atoms with Crippen LogP contribution in [0.3, 0.4) is 0 Å². The summed E-state index contributed by atoms with van der Waals surface area (Å²) in [5.41, 5.74) is 0.646. The molecule has 1 saturated carbocycles. The summed E-state index contributed by atoms with van der Waals surface area (Å²) in [5.74, 6) is 1.49. The van der Waals surface area contributed by atoms with Crippen LogP contribution >= 0.6 is 15.9 Å². The fourth-order valence-corrected chi connectivity index (χ4v) is 2.48. The molecule has 2 rings (SSSR count). The molecule has 0 amide bonds. The van der Waals surface area contributed by atoms with Crippen LogP contribution in [0.4, 0.5) is 5.69 Å². The van der Waals surface area contributed by atoms with Crippen LogP contribution in [0.1, 0.15) is 19.8 Å². The van der Waals surface area contributed by atoms with Crippen molar-refractivity contribution < 1.29 is 4.74 Å². The van der Waals surface area contributed by atoms with Crippen LogP contribution < -0.4 is 10.9 Å². The Bertz CT molecular complexity index is 485. The van der Waals surface area contributed by atoms with Gasteiger partial charge in [-0.05, 0) is 40.6 Å². The normalized spacial score (nSPS) is 16.4. The van der Waals surface area contributed by atoms with Crippen LogP contribution in [0.2, 0.25) is 0 Å². The zero-order chi connectivity index (χ0) is 13.8. The number of hydrogen-bond donors (Lipinski definition) is 1. The van der Waals surface area contributed by atoms with Gasteiger partial charge in [0, 0.05) is 13.7 Å². The van der Waals surface area contributed by atoms with E-state index in [9.17, 15) is 4.79 Å². The van der Waals surface area contributed by atoms with Crippen LogP contribution in [-0.2, 0) is 11.3 Å². The molecular formula is C13H20BrN3O2. The highest BCUT2D eigenvalue weighted by Crippen LogP contribution is 2.36. The summed E-state index contributed by atoms with van der Waals surface area (Å²) in [5, 5.41) is 7.45. The highest BCUT2D eigenvalue weighted by Gasteiger charge is 2.27. The van der Waals surface area contributed by atoms with Gasteiger partial charge in [0.2, 0.25) is 0 Å². The molecule has 1 aliphatic carbocycles. The Balaban J connectivity index is 2.00. The van der Waals surface area contributed by atoms with Gasteiger partial charge in [-0.3, -0.25) is 4.79 Å². The first-order valence-electron chi connectivity index (χ1n) is 6.62. The van der Waals surface area contributed by atoms with Gasteiger partial charge in [0.15, 0.2) is 0 Å². The van der Waals surface area contributed by atoms with E-state index in [0.29, 0.717) is 23.5 Å². The predicted molar refractivity (Wildman–Crippen MR) is 78.5 cm³/mol. The molecule has 5 nitrogen and oxygen atoms in total. The van der Waals surface area contributed by atoms with Crippen molar-refractivity contribution in [1.82, 2.24) is 9.78 Å². The van der Waals surface area contributed by atoms with Crippen molar-refractivity contribution >= 4 is 21.6 Å². The van der Waals surface area contributed by atoms with Gasteiger partial charge in [-0.25, -0.2) is 4.68 Å². The molecule has 1 fully saturated rings. The molecule has 19 heavy (non-hydrogen) atoms. The number of methoxy groups -OCH3 is 1. The lowest BCUT2D eigenvalue weighted by Gasteiger charge is -2.14. The minimum absolute atomic E-state index is 0.124. The summed E-state index contributed by atoms with van der Waals surface area (Å²) in [6.07, 6.45) is 4.36. The van der Waals surface area contributed by atoms with Gasteiger partial charge in [0.25, 0.3) is 5.56 Å². The molecule has 0 aliphatic heterocycles. The molecule has 1 N–H and O–H groups in total. The third-order valence-electron chi connectivity index (χ3n) is 3.53. The molecular weight excluding hydrogens is 310 g/mol. The average molecular weight is 330 g/mol. The van der Waals surface area contributed by atoms with Crippen LogP contribution in [-0.4, -0.2) is 30.0 Å². The van der Waals surface area contributed by atoms with E-state index in [4.69, 9.17) is 4.74 Å². The molecule has 1 unspecified atom stereocenters. The van der Waals surface area contributed by atoms with E-state index >= 15 is 0 Å². The van der Waals surface area contributed by atoms with Crippen molar-refractivity contribution in [1.29, 1.82) is 0 Å². The SMILES string of the molecule is COCCn1ncc(NCC(C)C2CC2)c(Br)c1=O. The topological polar surface area (TPSA) is 56.1 Å². The molecule has 0 aromatic carbocycles. The van der Waals surface area contributed by atoms with E-state index < -0.39 is 0 Å². The Hall–Kier alpha value is -0.880. The number of nitrogens with zero attached hydrogens (tertiary/aromatic N) is 2. The molecule has 1 atom stereocenters. The van der Waals surface area contributed by atoms with E-state index in [0.717, 1.165) is 18.2 Å². The number of halogens is 1. The van der Waals surface area contributed by atoms with Crippen molar-refractivity contribution in [2.75, 3.05) is 25.6 Å². The molecule has 1 aromatic heterocycles. The second kappa shape index (κ2) is 6.52. The Morgan fingerprint density at radius 3 is 3.00 bits per heavy atom. The summed E-state index contributed by atoms with van der Waals surface area (Å²) in [4.78, 5) is 12.0. The molecule has 0 bridgehead atoms. The van der Waals surface area contributed by atoms with Crippen LogP contribution in [0, 0.1) is 11.8 Å². The predicted octanol–water partition coefficient (Wildman–Crippen LogP) is 2.11. The Labute approximate surface area is 121 Å². The average Bonchev–Trinajstić information content (AvgIpc) is 3.23. The Morgan fingerprint density at radius 1 is 1.63 bits per heavy atom. The Morgan fingerprint density at radius 2 is 2.37 bits per heavy atom. The number of nitrogens with one attached hydrogen (secondary N) is 1. The minimum atomic E-state index is -0.124. The molecule has 0 radical (unpaired) electrons. The lowest BCUT2D eigenvalue weighted by molar-refractivity contribution is 0.181. The number of hydrogen-bond acceptors (Lipinski definition) is 4. The molecule has 0 spiro atoms. The van der Waals surface area contributed by atoms with Crippen LogP contribution in [0.15, 0.2) is 15.5 Å². The summed E-state index contributed by atoms with van der Waals surface area (Å²) in [6.45, 7) is 4.07. The zero-order valence-corrected chi connectivity index (χ0v) is 12.9. The van der Waals surface area contributed by atoms with E-state index in [2.05, 4.69) is 33.3 Å². The van der Waals surface area contributed by atoms with Gasteiger partial charge in [-0.2, -0.15) is 5.10 Å². The fourth-order valence-electron chi connectivity index (χ4n) is 2.03. The van der Waals surface area contributed by atoms with Crippen LogP contribution in [0.5, 0.6) is 0 Å². The van der Waals surface area contributed by atoms with E-state index in [1.807, 2.05) is 0 Å². The van der Waals surface area contributed by atoms with Crippen molar-refractivity contribution in [3.8, 4) is 0 Å². The monoisotopic (exact) mass is 329 g/mol. The van der Waals surface area contributed by atoms with Crippen molar-refractivity contribution in [3.05, 3.63) is 21.0 Å². The number of ether oxygens (including phenoxy) is 1. The highest BCUT2D eigenvalue weighted by atomic mass is 79.9.